The highest BCUT2D eigenvalue weighted by Gasteiger charge is 2.10. The summed E-state index contributed by atoms with van der Waals surface area (Å²) >= 11 is 3.10. The van der Waals surface area contributed by atoms with Crippen molar-refractivity contribution in [3.05, 3.63) is 35.4 Å². The van der Waals surface area contributed by atoms with E-state index in [-0.39, 0.29) is 11.2 Å². The minimum absolute atomic E-state index is 0.00455. The Bertz CT molecular complexity index is 398. The third-order valence-corrected chi connectivity index (χ3v) is 2.98. The van der Waals surface area contributed by atoms with E-state index in [1.54, 1.807) is 4.90 Å². The molecule has 0 fully saturated rings. The van der Waals surface area contributed by atoms with Gasteiger partial charge in [0.15, 0.2) is 11.6 Å². The first-order valence-electron chi connectivity index (χ1n) is 5.36. The molecule has 0 saturated carbocycles. The minimum Gasteiger partial charge on any atom is -0.342 e. The molecule has 0 radical (unpaired) electrons. The molecule has 5 heteroatoms. The van der Waals surface area contributed by atoms with Crippen LogP contribution in [0.15, 0.2) is 18.2 Å². The Morgan fingerprint density at radius 3 is 2.59 bits per heavy atom. The lowest BCUT2D eigenvalue weighted by atomic mass is 10.1. The van der Waals surface area contributed by atoms with E-state index in [2.05, 4.69) is 15.9 Å². The predicted molar refractivity (Wildman–Crippen MR) is 66.1 cm³/mol. The number of carbonyl (C=O) groups excluding carboxylic acids is 1. The van der Waals surface area contributed by atoms with Crippen LogP contribution in [0.25, 0.3) is 0 Å². The lowest BCUT2D eigenvalue weighted by Gasteiger charge is -2.19. The van der Waals surface area contributed by atoms with Crippen molar-refractivity contribution in [1.29, 1.82) is 0 Å². The molecule has 17 heavy (non-hydrogen) atoms. The van der Waals surface area contributed by atoms with Gasteiger partial charge in [-0.15, -0.1) is 0 Å². The molecule has 1 rings (SSSR count). The number of hydrogen-bond donors (Lipinski definition) is 0. The zero-order valence-electron chi connectivity index (χ0n) is 9.55. The Hall–Kier alpha value is -0.970. The molecule has 1 aromatic rings. The van der Waals surface area contributed by atoms with Gasteiger partial charge in [-0.05, 0) is 31.0 Å². The molecule has 0 saturated heterocycles. The molecule has 0 aliphatic rings. The molecule has 1 aromatic carbocycles. The molecule has 94 valence electrons. The Balaban J connectivity index is 2.59. The zero-order valence-corrected chi connectivity index (χ0v) is 11.1. The summed E-state index contributed by atoms with van der Waals surface area (Å²) < 4.78 is 25.6. The van der Waals surface area contributed by atoms with Crippen molar-refractivity contribution in [2.45, 2.75) is 13.3 Å². The van der Waals surface area contributed by atoms with Crippen molar-refractivity contribution in [3.8, 4) is 0 Å². The smallest absolute Gasteiger partial charge is 0.233 e. The van der Waals surface area contributed by atoms with E-state index in [1.807, 2.05) is 6.92 Å². The molecule has 0 heterocycles. The summed E-state index contributed by atoms with van der Waals surface area (Å²) in [5, 5.41) is 0.276. The molecule has 0 atom stereocenters. The summed E-state index contributed by atoms with van der Waals surface area (Å²) in [5.41, 5.74) is 0.685. The SMILES string of the molecule is CCN(CCc1ccc(F)c(F)c1)C(=O)CBr. The first kappa shape index (κ1) is 14.1. The average Bonchev–Trinajstić information content (AvgIpc) is 2.33. The van der Waals surface area contributed by atoms with Gasteiger partial charge in [-0.25, -0.2) is 8.78 Å². The van der Waals surface area contributed by atoms with Crippen LogP contribution < -0.4 is 0 Å². The first-order valence-corrected chi connectivity index (χ1v) is 6.48. The monoisotopic (exact) mass is 305 g/mol. The van der Waals surface area contributed by atoms with Gasteiger partial charge in [0.05, 0.1) is 5.33 Å². The van der Waals surface area contributed by atoms with Crippen LogP contribution in [-0.2, 0) is 11.2 Å². The number of benzene rings is 1. The van der Waals surface area contributed by atoms with Crippen molar-refractivity contribution in [3.63, 3.8) is 0 Å². The number of nitrogens with zero attached hydrogens (tertiary/aromatic N) is 1. The van der Waals surface area contributed by atoms with Gasteiger partial charge in [0, 0.05) is 13.1 Å². The third kappa shape index (κ3) is 4.07. The Morgan fingerprint density at radius 1 is 1.35 bits per heavy atom. The zero-order chi connectivity index (χ0) is 12.8. The lowest BCUT2D eigenvalue weighted by molar-refractivity contribution is -0.128. The van der Waals surface area contributed by atoms with Gasteiger partial charge in [0.2, 0.25) is 5.91 Å². The molecule has 0 unspecified atom stereocenters. The average molecular weight is 306 g/mol. The van der Waals surface area contributed by atoms with Gasteiger partial charge >= 0.3 is 0 Å². The van der Waals surface area contributed by atoms with Crippen molar-refractivity contribution in [2.24, 2.45) is 0 Å². The summed E-state index contributed by atoms with van der Waals surface area (Å²) in [7, 11) is 0. The molecule has 0 N–H and O–H groups in total. The van der Waals surface area contributed by atoms with Gasteiger partial charge in [-0.1, -0.05) is 22.0 Å². The Morgan fingerprint density at radius 2 is 2.06 bits per heavy atom. The molecular weight excluding hydrogens is 292 g/mol. The van der Waals surface area contributed by atoms with Gasteiger partial charge in [-0.3, -0.25) is 4.79 Å². The third-order valence-electron chi connectivity index (χ3n) is 2.50. The number of rotatable bonds is 5. The van der Waals surface area contributed by atoms with E-state index in [0.29, 0.717) is 25.1 Å². The number of carbonyl (C=O) groups is 1. The Kier molecular flexibility index (Phi) is 5.55. The van der Waals surface area contributed by atoms with Crippen LogP contribution in [0, 0.1) is 11.6 Å². The highest BCUT2D eigenvalue weighted by Crippen LogP contribution is 2.10. The van der Waals surface area contributed by atoms with Crippen molar-refractivity contribution >= 4 is 21.8 Å². The lowest BCUT2D eigenvalue weighted by Crippen LogP contribution is -2.33. The molecule has 0 spiro atoms. The normalized spacial score (nSPS) is 10.4. The maximum atomic E-state index is 12.9. The van der Waals surface area contributed by atoms with Crippen LogP contribution in [0.2, 0.25) is 0 Å². The van der Waals surface area contributed by atoms with E-state index in [1.165, 1.54) is 12.1 Å². The van der Waals surface area contributed by atoms with Gasteiger partial charge < -0.3 is 4.90 Å². The Labute approximate surface area is 108 Å². The fraction of sp³-hybridized carbons (Fsp3) is 0.417. The molecule has 0 aliphatic heterocycles. The summed E-state index contributed by atoms with van der Waals surface area (Å²) in [6.45, 7) is 2.99. The second kappa shape index (κ2) is 6.69. The molecular formula is C12H14BrF2NO. The maximum absolute atomic E-state index is 12.9. The largest absolute Gasteiger partial charge is 0.342 e. The van der Waals surface area contributed by atoms with Crippen LogP contribution in [-0.4, -0.2) is 29.2 Å². The highest BCUT2D eigenvalue weighted by molar-refractivity contribution is 9.09. The van der Waals surface area contributed by atoms with E-state index in [4.69, 9.17) is 0 Å². The first-order chi connectivity index (χ1) is 8.08. The van der Waals surface area contributed by atoms with Gasteiger partial charge in [0.1, 0.15) is 0 Å². The van der Waals surface area contributed by atoms with Gasteiger partial charge in [-0.2, -0.15) is 0 Å². The van der Waals surface area contributed by atoms with Crippen LogP contribution in [0.3, 0.4) is 0 Å². The number of likely N-dealkylation sites (N-methyl/N-ethyl adjacent to an activating group) is 1. The van der Waals surface area contributed by atoms with Crippen molar-refractivity contribution in [1.82, 2.24) is 4.90 Å². The number of amides is 1. The molecule has 0 aliphatic carbocycles. The highest BCUT2D eigenvalue weighted by atomic mass is 79.9. The van der Waals surface area contributed by atoms with E-state index in [9.17, 15) is 13.6 Å². The topological polar surface area (TPSA) is 20.3 Å². The number of alkyl halides is 1. The van der Waals surface area contributed by atoms with Crippen molar-refractivity contribution < 1.29 is 13.6 Å². The van der Waals surface area contributed by atoms with Crippen LogP contribution in [0.5, 0.6) is 0 Å². The van der Waals surface area contributed by atoms with Crippen LogP contribution in [0.4, 0.5) is 8.78 Å². The fourth-order valence-electron chi connectivity index (χ4n) is 1.50. The summed E-state index contributed by atoms with van der Waals surface area (Å²) in [5.74, 6) is -1.70. The quantitative estimate of drug-likeness (QED) is 0.766. The number of halogens is 3. The molecule has 0 bridgehead atoms. The standard InChI is InChI=1S/C12H14BrF2NO/c1-2-16(12(17)8-13)6-5-9-3-4-10(14)11(15)7-9/h3-4,7H,2,5-6,8H2,1H3. The van der Waals surface area contributed by atoms with Gasteiger partial charge in [0.25, 0.3) is 0 Å². The summed E-state index contributed by atoms with van der Waals surface area (Å²) in [6, 6.07) is 3.81. The molecule has 2 nitrogen and oxygen atoms in total. The van der Waals surface area contributed by atoms with Crippen LogP contribution in [0.1, 0.15) is 12.5 Å². The second-order valence-electron chi connectivity index (χ2n) is 3.61. The van der Waals surface area contributed by atoms with E-state index < -0.39 is 11.6 Å². The van der Waals surface area contributed by atoms with Crippen LogP contribution >= 0.6 is 15.9 Å². The molecule has 0 aromatic heterocycles. The van der Waals surface area contributed by atoms with E-state index in [0.717, 1.165) is 6.07 Å². The minimum atomic E-state index is -0.850. The number of hydrogen-bond acceptors (Lipinski definition) is 1. The predicted octanol–water partition coefficient (Wildman–Crippen LogP) is 2.75. The second-order valence-corrected chi connectivity index (χ2v) is 4.17. The fourth-order valence-corrected chi connectivity index (χ4v) is 1.86. The summed E-state index contributed by atoms with van der Waals surface area (Å²) in [4.78, 5) is 13.1. The van der Waals surface area contributed by atoms with Crippen molar-refractivity contribution in [2.75, 3.05) is 18.4 Å². The van der Waals surface area contributed by atoms with E-state index >= 15 is 0 Å². The summed E-state index contributed by atoms with van der Waals surface area (Å²) in [6.07, 6.45) is 0.518. The maximum Gasteiger partial charge on any atom is 0.233 e. The molecule has 1 amide bonds.